The molecule has 2 fully saturated rings. The number of carbonyl (C=O) groups excluding carboxylic acids is 1. The number of aryl methyl sites for hydroxylation is 1. The Kier molecular flexibility index (Phi) is 7.85. The van der Waals surface area contributed by atoms with Crippen molar-refractivity contribution in [1.29, 1.82) is 0 Å². The van der Waals surface area contributed by atoms with Gasteiger partial charge in [-0.15, -0.1) is 0 Å². The van der Waals surface area contributed by atoms with Crippen LogP contribution < -0.4 is 5.32 Å². The lowest BCUT2D eigenvalue weighted by Gasteiger charge is -2.38. The zero-order valence-electron chi connectivity index (χ0n) is 22.7. The Bertz CT molecular complexity index is 1290. The van der Waals surface area contributed by atoms with E-state index in [1.54, 1.807) is 19.3 Å². The SMILES string of the molecule is Cc1cc(NC(=O)c2cnn(-c3ncc(C(C)C)cc3F)c2C)cnc1C1CCC(N2CCOCC2)CC1. The third-order valence-electron chi connectivity index (χ3n) is 7.99. The van der Waals surface area contributed by atoms with Crippen LogP contribution >= 0.6 is 0 Å². The predicted octanol–water partition coefficient (Wildman–Crippen LogP) is 5.15. The summed E-state index contributed by atoms with van der Waals surface area (Å²) >= 11 is 0. The molecule has 5 rings (SSSR count). The summed E-state index contributed by atoms with van der Waals surface area (Å²) in [6, 6.07) is 4.11. The highest BCUT2D eigenvalue weighted by Crippen LogP contribution is 2.36. The minimum atomic E-state index is -0.469. The molecule has 0 spiro atoms. The van der Waals surface area contributed by atoms with Gasteiger partial charge in [0.15, 0.2) is 11.6 Å². The summed E-state index contributed by atoms with van der Waals surface area (Å²) in [5.41, 5.74) is 4.54. The summed E-state index contributed by atoms with van der Waals surface area (Å²) in [4.78, 5) is 24.7. The summed E-state index contributed by atoms with van der Waals surface area (Å²) in [5, 5.41) is 7.18. The van der Waals surface area contributed by atoms with E-state index in [2.05, 4.69) is 27.2 Å². The molecule has 0 radical (unpaired) electrons. The first kappa shape index (κ1) is 26.4. The number of nitrogens with zero attached hydrogens (tertiary/aromatic N) is 5. The molecule has 3 aromatic heterocycles. The Balaban J connectivity index is 1.24. The zero-order chi connectivity index (χ0) is 26.8. The fourth-order valence-electron chi connectivity index (χ4n) is 5.70. The Morgan fingerprint density at radius 3 is 2.45 bits per heavy atom. The van der Waals surface area contributed by atoms with Gasteiger partial charge >= 0.3 is 0 Å². The Morgan fingerprint density at radius 1 is 1.05 bits per heavy atom. The van der Waals surface area contributed by atoms with Gasteiger partial charge in [0.25, 0.3) is 5.91 Å². The van der Waals surface area contributed by atoms with E-state index in [0.29, 0.717) is 28.9 Å². The lowest BCUT2D eigenvalue weighted by Crippen LogP contribution is -2.44. The van der Waals surface area contributed by atoms with E-state index >= 15 is 0 Å². The number of pyridine rings is 2. The van der Waals surface area contributed by atoms with Gasteiger partial charge < -0.3 is 10.1 Å². The van der Waals surface area contributed by atoms with Crippen LogP contribution in [0.3, 0.4) is 0 Å². The minimum Gasteiger partial charge on any atom is -0.379 e. The molecule has 1 saturated carbocycles. The van der Waals surface area contributed by atoms with Crippen LogP contribution in [0.1, 0.15) is 84.2 Å². The standard InChI is InChI=1S/C29H37FN6O2/c1-18(2)22-14-26(30)28(32-15-22)36-20(4)25(17-33-36)29(37)34-23-13-19(3)27(31-16-23)21-5-7-24(8-6-21)35-9-11-38-12-10-35/h13-18,21,24H,5-12H2,1-4H3,(H,34,37). The lowest BCUT2D eigenvalue weighted by atomic mass is 9.82. The average molecular weight is 521 g/mol. The molecule has 38 heavy (non-hydrogen) atoms. The summed E-state index contributed by atoms with van der Waals surface area (Å²) in [6.45, 7) is 11.5. The molecule has 1 saturated heterocycles. The highest BCUT2D eigenvalue weighted by Gasteiger charge is 2.29. The molecule has 202 valence electrons. The first-order valence-electron chi connectivity index (χ1n) is 13.6. The second kappa shape index (κ2) is 11.3. The zero-order valence-corrected chi connectivity index (χ0v) is 22.7. The molecule has 2 aliphatic rings. The maximum atomic E-state index is 14.7. The van der Waals surface area contributed by atoms with Crippen molar-refractivity contribution >= 4 is 11.6 Å². The van der Waals surface area contributed by atoms with Crippen molar-refractivity contribution in [2.24, 2.45) is 0 Å². The number of hydrogen-bond acceptors (Lipinski definition) is 6. The molecule has 0 bridgehead atoms. The molecular formula is C29H37FN6O2. The highest BCUT2D eigenvalue weighted by molar-refractivity contribution is 6.04. The van der Waals surface area contributed by atoms with Crippen molar-refractivity contribution in [1.82, 2.24) is 24.6 Å². The summed E-state index contributed by atoms with van der Waals surface area (Å²) < 4.78 is 21.6. The van der Waals surface area contributed by atoms with Gasteiger partial charge in [-0.1, -0.05) is 13.8 Å². The van der Waals surface area contributed by atoms with Gasteiger partial charge in [0.05, 0.1) is 42.6 Å². The number of aromatic nitrogens is 4. The van der Waals surface area contributed by atoms with E-state index in [1.807, 2.05) is 19.9 Å². The molecule has 1 aliphatic carbocycles. The normalized spacial score (nSPS) is 20.6. The number of morpholine rings is 1. The van der Waals surface area contributed by atoms with Crippen LogP contribution in [-0.2, 0) is 4.74 Å². The molecule has 0 atom stereocenters. The minimum absolute atomic E-state index is 0.0798. The van der Waals surface area contributed by atoms with Crippen LogP contribution in [0.4, 0.5) is 10.1 Å². The van der Waals surface area contributed by atoms with E-state index in [0.717, 1.165) is 56.0 Å². The largest absolute Gasteiger partial charge is 0.379 e. The topological polar surface area (TPSA) is 85.2 Å². The highest BCUT2D eigenvalue weighted by atomic mass is 19.1. The van der Waals surface area contributed by atoms with Crippen LogP contribution in [0, 0.1) is 19.7 Å². The van der Waals surface area contributed by atoms with Crippen LogP contribution in [0.15, 0.2) is 30.7 Å². The molecule has 4 heterocycles. The van der Waals surface area contributed by atoms with Crippen LogP contribution in [0.5, 0.6) is 0 Å². The number of carbonyl (C=O) groups is 1. The van der Waals surface area contributed by atoms with E-state index in [4.69, 9.17) is 9.72 Å². The van der Waals surface area contributed by atoms with Crippen molar-refractivity contribution in [3.05, 3.63) is 64.6 Å². The monoisotopic (exact) mass is 520 g/mol. The average Bonchev–Trinajstić information content (AvgIpc) is 3.30. The molecule has 0 unspecified atom stereocenters. The van der Waals surface area contributed by atoms with Gasteiger partial charge in [-0.25, -0.2) is 14.1 Å². The summed E-state index contributed by atoms with van der Waals surface area (Å²) in [5.74, 6) is -0.0884. The fourth-order valence-corrected chi connectivity index (χ4v) is 5.70. The van der Waals surface area contributed by atoms with Crippen molar-refractivity contribution in [3.63, 3.8) is 0 Å². The number of nitrogens with one attached hydrogen (secondary N) is 1. The fraction of sp³-hybridized carbons (Fsp3) is 0.517. The van der Waals surface area contributed by atoms with E-state index in [9.17, 15) is 9.18 Å². The number of amides is 1. The Hall–Kier alpha value is -3.17. The van der Waals surface area contributed by atoms with Gasteiger partial charge in [-0.2, -0.15) is 5.10 Å². The summed E-state index contributed by atoms with van der Waals surface area (Å²) in [6.07, 6.45) is 9.45. The number of rotatable bonds is 6. The molecule has 0 aromatic carbocycles. The third kappa shape index (κ3) is 5.49. The van der Waals surface area contributed by atoms with Gasteiger partial charge in [0.1, 0.15) is 0 Å². The van der Waals surface area contributed by atoms with Crippen molar-refractivity contribution < 1.29 is 13.9 Å². The first-order valence-corrected chi connectivity index (χ1v) is 13.6. The summed E-state index contributed by atoms with van der Waals surface area (Å²) in [7, 11) is 0. The third-order valence-corrected chi connectivity index (χ3v) is 7.99. The maximum absolute atomic E-state index is 14.7. The number of halogens is 1. The molecule has 3 aromatic rings. The molecule has 8 nitrogen and oxygen atoms in total. The van der Waals surface area contributed by atoms with Gasteiger partial charge in [-0.05, 0) is 68.7 Å². The maximum Gasteiger partial charge on any atom is 0.259 e. The first-order chi connectivity index (χ1) is 18.3. The molecule has 1 amide bonds. The van der Waals surface area contributed by atoms with E-state index in [-0.39, 0.29) is 17.6 Å². The number of hydrogen-bond donors (Lipinski definition) is 1. The van der Waals surface area contributed by atoms with Gasteiger partial charge in [0, 0.05) is 36.9 Å². The van der Waals surface area contributed by atoms with Crippen LogP contribution in [-0.4, -0.2) is 62.9 Å². The quantitative estimate of drug-likeness (QED) is 0.484. The lowest BCUT2D eigenvalue weighted by molar-refractivity contribution is 0.00720. The van der Waals surface area contributed by atoms with Crippen molar-refractivity contribution in [2.75, 3.05) is 31.6 Å². The second-order valence-corrected chi connectivity index (χ2v) is 10.8. The van der Waals surface area contributed by atoms with Crippen LogP contribution in [0.2, 0.25) is 0 Å². The van der Waals surface area contributed by atoms with Crippen molar-refractivity contribution in [2.45, 2.75) is 71.3 Å². The molecular weight excluding hydrogens is 483 g/mol. The van der Waals surface area contributed by atoms with Crippen molar-refractivity contribution in [3.8, 4) is 5.82 Å². The Morgan fingerprint density at radius 2 is 1.79 bits per heavy atom. The molecule has 9 heteroatoms. The Labute approximate surface area is 223 Å². The smallest absolute Gasteiger partial charge is 0.259 e. The van der Waals surface area contributed by atoms with Crippen LogP contribution in [0.25, 0.3) is 5.82 Å². The molecule has 1 aliphatic heterocycles. The van der Waals surface area contributed by atoms with E-state index in [1.165, 1.54) is 29.8 Å². The van der Waals surface area contributed by atoms with Gasteiger partial charge in [0.2, 0.25) is 0 Å². The molecule has 1 N–H and O–H groups in total. The van der Waals surface area contributed by atoms with Gasteiger partial charge in [-0.3, -0.25) is 14.7 Å². The second-order valence-electron chi connectivity index (χ2n) is 10.8. The number of anilines is 1. The predicted molar refractivity (Wildman–Crippen MR) is 144 cm³/mol. The van der Waals surface area contributed by atoms with E-state index < -0.39 is 5.82 Å². The number of ether oxygens (including phenoxy) is 1.